The number of benzene rings is 3. The molecule has 0 bridgehead atoms. The van der Waals surface area contributed by atoms with Gasteiger partial charge in [0.1, 0.15) is 6.33 Å². The normalized spacial score (nSPS) is 11.3. The van der Waals surface area contributed by atoms with E-state index in [4.69, 9.17) is 0 Å². The predicted octanol–water partition coefficient (Wildman–Crippen LogP) is 3.03. The van der Waals surface area contributed by atoms with E-state index < -0.39 is 8.24 Å². The van der Waals surface area contributed by atoms with Gasteiger partial charge in [-0.15, -0.1) is 0 Å². The molecule has 27 heavy (non-hydrogen) atoms. The van der Waals surface area contributed by atoms with Crippen LogP contribution in [0.5, 0.6) is 0 Å². The summed E-state index contributed by atoms with van der Waals surface area (Å²) in [5, 5.41) is 5.01. The lowest BCUT2D eigenvalue weighted by Gasteiger charge is -2.42. The van der Waals surface area contributed by atoms with E-state index in [2.05, 4.69) is 112 Å². The summed E-state index contributed by atoms with van der Waals surface area (Å²) in [5.74, 6) is 0. The third-order valence-corrected chi connectivity index (χ3v) is 10.6. The zero-order valence-electron chi connectivity index (χ0n) is 15.2. The van der Waals surface area contributed by atoms with E-state index in [0.29, 0.717) is 0 Å². The highest BCUT2D eigenvalue weighted by atomic mass is 32.1. The first-order valence-corrected chi connectivity index (χ1v) is 11.8. The Morgan fingerprint density at radius 1 is 0.741 bits per heavy atom. The van der Waals surface area contributed by atoms with E-state index in [1.165, 1.54) is 27.1 Å². The summed E-state index contributed by atoms with van der Waals surface area (Å²) in [4.78, 5) is 4.60. The number of hydrogen-bond donors (Lipinski definition) is 0. The average Bonchev–Trinajstić information content (AvgIpc) is 3.28. The van der Waals surface area contributed by atoms with Crippen LogP contribution in [0.1, 0.15) is 6.92 Å². The number of rotatable bonds is 6. The Balaban J connectivity index is 2.09. The number of nitrogens with zero attached hydrogens (tertiary/aromatic N) is 3. The van der Waals surface area contributed by atoms with Crippen molar-refractivity contribution >= 4 is 40.5 Å². The van der Waals surface area contributed by atoms with Gasteiger partial charge in [-0.05, 0) is 22.5 Å². The maximum atomic E-state index is 4.60. The van der Waals surface area contributed by atoms with E-state index in [9.17, 15) is 0 Å². The van der Waals surface area contributed by atoms with Crippen LogP contribution in [0.4, 0.5) is 5.13 Å². The SMILES string of the molecule is CCN(c1ncns1)[Si](c1ccccc1)(c1ccccc1)c1ccccc1. The van der Waals surface area contributed by atoms with Crippen molar-refractivity contribution < 1.29 is 0 Å². The molecule has 134 valence electrons. The molecule has 0 radical (unpaired) electrons. The maximum Gasteiger partial charge on any atom is 0.254 e. The Labute approximate surface area is 165 Å². The molecule has 4 aromatic rings. The molecule has 0 atom stereocenters. The van der Waals surface area contributed by atoms with Crippen LogP contribution in [0, 0.1) is 0 Å². The van der Waals surface area contributed by atoms with Gasteiger partial charge in [0, 0.05) is 18.1 Å². The Morgan fingerprint density at radius 3 is 1.52 bits per heavy atom. The van der Waals surface area contributed by atoms with Gasteiger partial charge < -0.3 is 4.57 Å². The first kappa shape index (κ1) is 17.6. The highest BCUT2D eigenvalue weighted by molar-refractivity contribution is 7.17. The van der Waals surface area contributed by atoms with Gasteiger partial charge in [-0.3, -0.25) is 0 Å². The van der Waals surface area contributed by atoms with E-state index in [0.717, 1.165) is 11.7 Å². The quantitative estimate of drug-likeness (QED) is 0.376. The molecule has 1 heterocycles. The highest BCUT2D eigenvalue weighted by Gasteiger charge is 2.46. The van der Waals surface area contributed by atoms with Crippen molar-refractivity contribution in [2.45, 2.75) is 6.92 Å². The predicted molar refractivity (Wildman–Crippen MR) is 117 cm³/mol. The van der Waals surface area contributed by atoms with Gasteiger partial charge in [-0.1, -0.05) is 91.0 Å². The minimum atomic E-state index is -2.52. The topological polar surface area (TPSA) is 29.0 Å². The third-order valence-electron chi connectivity index (χ3n) is 4.88. The van der Waals surface area contributed by atoms with Gasteiger partial charge in [0.25, 0.3) is 8.24 Å². The first-order chi connectivity index (χ1) is 13.4. The second-order valence-corrected chi connectivity index (χ2v) is 10.7. The largest absolute Gasteiger partial charge is 0.362 e. The summed E-state index contributed by atoms with van der Waals surface area (Å²) >= 11 is 1.47. The van der Waals surface area contributed by atoms with Gasteiger partial charge in [0.2, 0.25) is 0 Å². The lowest BCUT2D eigenvalue weighted by atomic mass is 10.3. The van der Waals surface area contributed by atoms with Crippen LogP contribution in [0.15, 0.2) is 97.3 Å². The molecule has 1 aromatic heterocycles. The Kier molecular flexibility index (Phi) is 5.13. The lowest BCUT2D eigenvalue weighted by molar-refractivity contribution is 1.05. The fourth-order valence-electron chi connectivity index (χ4n) is 3.81. The van der Waals surface area contributed by atoms with Gasteiger partial charge in [-0.2, -0.15) is 4.37 Å². The van der Waals surface area contributed by atoms with Crippen molar-refractivity contribution in [3.05, 3.63) is 97.3 Å². The lowest BCUT2D eigenvalue weighted by Crippen LogP contribution is -2.77. The Morgan fingerprint density at radius 2 is 1.19 bits per heavy atom. The van der Waals surface area contributed by atoms with Crippen molar-refractivity contribution in [3.8, 4) is 0 Å². The van der Waals surface area contributed by atoms with Gasteiger partial charge in [-0.25, -0.2) is 4.98 Å². The molecule has 0 aliphatic heterocycles. The summed E-state index contributed by atoms with van der Waals surface area (Å²) in [5.41, 5.74) is 0. The monoisotopic (exact) mass is 387 g/mol. The number of hydrogen-bond acceptors (Lipinski definition) is 4. The van der Waals surface area contributed by atoms with E-state index in [1.54, 1.807) is 6.33 Å². The van der Waals surface area contributed by atoms with Crippen LogP contribution in [0.3, 0.4) is 0 Å². The molecule has 0 saturated carbocycles. The fraction of sp³-hybridized carbons (Fsp3) is 0.0909. The minimum Gasteiger partial charge on any atom is -0.362 e. The van der Waals surface area contributed by atoms with Gasteiger partial charge >= 0.3 is 0 Å². The van der Waals surface area contributed by atoms with Crippen LogP contribution < -0.4 is 20.1 Å². The number of anilines is 1. The molecule has 0 aliphatic rings. The van der Waals surface area contributed by atoms with Crippen molar-refractivity contribution in [1.29, 1.82) is 0 Å². The molecule has 3 aromatic carbocycles. The third kappa shape index (κ3) is 3.09. The molecule has 0 aliphatic carbocycles. The second kappa shape index (κ2) is 7.86. The zero-order chi connectivity index (χ0) is 18.5. The molecule has 0 N–H and O–H groups in total. The molecule has 3 nitrogen and oxygen atoms in total. The molecule has 4 rings (SSSR count). The average molecular weight is 388 g/mol. The van der Waals surface area contributed by atoms with E-state index >= 15 is 0 Å². The second-order valence-electron chi connectivity index (χ2n) is 6.28. The van der Waals surface area contributed by atoms with Gasteiger partial charge in [0.15, 0.2) is 5.13 Å². The molecule has 0 fully saturated rings. The van der Waals surface area contributed by atoms with Crippen LogP contribution >= 0.6 is 11.5 Å². The molecule has 0 amide bonds. The van der Waals surface area contributed by atoms with Crippen LogP contribution in [-0.4, -0.2) is 24.1 Å². The fourth-order valence-corrected chi connectivity index (χ4v) is 9.63. The standard InChI is InChI=1S/C22H21N3SSi/c1-2-25(22-23-18-24-26-22)27(19-12-6-3-7-13-19,20-14-8-4-9-15-20)21-16-10-5-11-17-21/h3-18H,2H2,1H3. The van der Waals surface area contributed by atoms with Crippen molar-refractivity contribution in [2.24, 2.45) is 0 Å². The maximum absolute atomic E-state index is 4.60. The molecular weight excluding hydrogens is 366 g/mol. The molecular formula is C22H21N3SSi. The molecule has 0 spiro atoms. The molecule has 5 heteroatoms. The highest BCUT2D eigenvalue weighted by Crippen LogP contribution is 2.23. The van der Waals surface area contributed by atoms with Crippen molar-refractivity contribution in [1.82, 2.24) is 9.36 Å². The van der Waals surface area contributed by atoms with E-state index in [-0.39, 0.29) is 0 Å². The summed E-state index contributed by atoms with van der Waals surface area (Å²) < 4.78 is 6.79. The molecule has 0 saturated heterocycles. The van der Waals surface area contributed by atoms with Crippen LogP contribution in [-0.2, 0) is 0 Å². The van der Waals surface area contributed by atoms with Crippen molar-refractivity contribution in [3.63, 3.8) is 0 Å². The smallest absolute Gasteiger partial charge is 0.254 e. The summed E-state index contributed by atoms with van der Waals surface area (Å²) in [6, 6.07) is 32.6. The van der Waals surface area contributed by atoms with Crippen LogP contribution in [0.2, 0.25) is 0 Å². The summed E-state index contributed by atoms with van der Waals surface area (Å²) in [7, 11) is -2.52. The first-order valence-electron chi connectivity index (χ1n) is 9.08. The molecule has 0 unspecified atom stereocenters. The summed E-state index contributed by atoms with van der Waals surface area (Å²) in [6.45, 7) is 3.07. The Bertz CT molecular complexity index is 864. The zero-order valence-corrected chi connectivity index (χ0v) is 17.0. The number of aromatic nitrogens is 2. The van der Waals surface area contributed by atoms with E-state index in [1.807, 2.05) is 0 Å². The summed E-state index contributed by atoms with van der Waals surface area (Å²) in [6.07, 6.45) is 1.66. The minimum absolute atomic E-state index is 0.861. The Hall–Kier alpha value is -2.76. The van der Waals surface area contributed by atoms with Gasteiger partial charge in [0.05, 0.1) is 0 Å². The van der Waals surface area contributed by atoms with Crippen molar-refractivity contribution in [2.75, 3.05) is 11.1 Å². The van der Waals surface area contributed by atoms with Crippen LogP contribution in [0.25, 0.3) is 0 Å².